The van der Waals surface area contributed by atoms with Crippen molar-refractivity contribution in [3.05, 3.63) is 28.8 Å². The lowest BCUT2D eigenvalue weighted by molar-refractivity contribution is 1.39. The molecule has 0 atom stereocenters. The summed E-state index contributed by atoms with van der Waals surface area (Å²) in [5, 5.41) is 3.71. The maximum absolute atomic E-state index is 5.77. The summed E-state index contributed by atoms with van der Waals surface area (Å²) in [6.07, 6.45) is 0. The maximum Gasteiger partial charge on any atom is 0.0794 e. The molecule has 1 aromatic rings. The van der Waals surface area contributed by atoms with Crippen molar-refractivity contribution in [2.75, 3.05) is 0 Å². The Bertz CT molecular complexity index is 334. The second-order valence-electron chi connectivity index (χ2n) is 2.11. The highest BCUT2D eigenvalue weighted by atomic mass is 79.9. The number of hydrogen-bond donors (Lipinski definition) is 0. The number of isothiocyanates is 1. The van der Waals surface area contributed by atoms with E-state index in [9.17, 15) is 0 Å². The van der Waals surface area contributed by atoms with Crippen LogP contribution in [0.2, 0.25) is 5.02 Å². The number of rotatable bonds is 2. The highest BCUT2D eigenvalue weighted by molar-refractivity contribution is 9.08. The fraction of sp³-hybridized carbons (Fsp3) is 0.125. The van der Waals surface area contributed by atoms with Gasteiger partial charge in [-0.15, -0.1) is 0 Å². The van der Waals surface area contributed by atoms with Crippen LogP contribution in [0.25, 0.3) is 0 Å². The maximum atomic E-state index is 5.77. The van der Waals surface area contributed by atoms with Crippen LogP contribution in [-0.4, -0.2) is 5.16 Å². The summed E-state index contributed by atoms with van der Waals surface area (Å²) in [6.45, 7) is 0. The third kappa shape index (κ3) is 2.39. The average molecular weight is 263 g/mol. The average Bonchev–Trinajstić information content (AvgIpc) is 2.05. The molecule has 0 bridgehead atoms. The molecule has 0 saturated carbocycles. The fourth-order valence-electron chi connectivity index (χ4n) is 0.803. The molecule has 1 nitrogen and oxygen atoms in total. The Morgan fingerprint density at radius 2 is 2.33 bits per heavy atom. The minimum Gasteiger partial charge on any atom is -0.194 e. The minimum absolute atomic E-state index is 0.656. The molecule has 0 aromatic heterocycles. The van der Waals surface area contributed by atoms with Crippen LogP contribution in [0.4, 0.5) is 5.69 Å². The molecule has 62 valence electrons. The lowest BCUT2D eigenvalue weighted by Gasteiger charge is -1.99. The highest BCUT2D eigenvalue weighted by Crippen LogP contribution is 2.25. The van der Waals surface area contributed by atoms with E-state index in [0.29, 0.717) is 5.02 Å². The molecule has 0 N–H and O–H groups in total. The van der Waals surface area contributed by atoms with Crippen LogP contribution in [0.1, 0.15) is 5.56 Å². The highest BCUT2D eigenvalue weighted by Gasteiger charge is 1.99. The number of nitrogens with zero attached hydrogens (tertiary/aromatic N) is 1. The first-order valence-electron chi connectivity index (χ1n) is 3.20. The zero-order valence-electron chi connectivity index (χ0n) is 6.05. The zero-order valence-corrected chi connectivity index (χ0v) is 9.21. The number of alkyl halides is 1. The van der Waals surface area contributed by atoms with Crippen molar-refractivity contribution in [1.29, 1.82) is 0 Å². The molecule has 0 spiro atoms. The molecule has 0 fully saturated rings. The number of aliphatic imine (C=N–C) groups is 1. The van der Waals surface area contributed by atoms with Crippen LogP contribution in [-0.2, 0) is 5.33 Å². The largest absolute Gasteiger partial charge is 0.194 e. The van der Waals surface area contributed by atoms with Crippen LogP contribution in [0.15, 0.2) is 23.2 Å². The van der Waals surface area contributed by atoms with Crippen molar-refractivity contribution in [1.82, 2.24) is 0 Å². The summed E-state index contributed by atoms with van der Waals surface area (Å²) >= 11 is 13.6. The summed E-state index contributed by atoms with van der Waals surface area (Å²) in [6, 6.07) is 5.49. The Hall–Kier alpha value is -0.210. The minimum atomic E-state index is 0.656. The molecular formula is C8H5BrClNS. The van der Waals surface area contributed by atoms with E-state index in [0.717, 1.165) is 16.6 Å². The van der Waals surface area contributed by atoms with Crippen molar-refractivity contribution in [2.24, 2.45) is 4.99 Å². The zero-order chi connectivity index (χ0) is 8.97. The molecule has 0 amide bonds. The van der Waals surface area contributed by atoms with Gasteiger partial charge in [0.05, 0.1) is 10.8 Å². The van der Waals surface area contributed by atoms with Crippen LogP contribution in [0.5, 0.6) is 0 Å². The van der Waals surface area contributed by atoms with Crippen LogP contribution in [0, 0.1) is 0 Å². The van der Waals surface area contributed by atoms with Crippen molar-refractivity contribution < 1.29 is 0 Å². The number of hydrogen-bond acceptors (Lipinski definition) is 2. The Morgan fingerprint density at radius 1 is 1.58 bits per heavy atom. The van der Waals surface area contributed by atoms with Gasteiger partial charge >= 0.3 is 0 Å². The number of benzene rings is 1. The Labute approximate surface area is 89.6 Å². The molecule has 12 heavy (non-hydrogen) atoms. The predicted octanol–water partition coefficient (Wildman–Crippen LogP) is 3.97. The van der Waals surface area contributed by atoms with Crippen LogP contribution in [0.3, 0.4) is 0 Å². The lowest BCUT2D eigenvalue weighted by Crippen LogP contribution is -1.77. The number of halogens is 2. The molecule has 0 radical (unpaired) electrons. The summed E-state index contributed by atoms with van der Waals surface area (Å²) in [4.78, 5) is 3.89. The molecule has 0 heterocycles. The SMILES string of the molecule is S=C=Nc1cc(Cl)ccc1CBr. The standard InChI is InChI=1S/C8H5BrClNS/c9-4-6-1-2-7(10)3-8(6)11-5-12/h1-3H,4H2. The van der Waals surface area contributed by atoms with E-state index >= 15 is 0 Å². The molecule has 4 heteroatoms. The summed E-state index contributed by atoms with van der Waals surface area (Å²) < 4.78 is 0. The number of thiocarbonyl (C=S) groups is 1. The Morgan fingerprint density at radius 3 is 2.92 bits per heavy atom. The van der Waals surface area contributed by atoms with Crippen molar-refractivity contribution in [3.63, 3.8) is 0 Å². The van der Waals surface area contributed by atoms with Gasteiger partial charge in [0.15, 0.2) is 0 Å². The van der Waals surface area contributed by atoms with E-state index in [1.54, 1.807) is 6.07 Å². The van der Waals surface area contributed by atoms with Gasteiger partial charge in [-0.1, -0.05) is 33.6 Å². The Kier molecular flexibility index (Phi) is 3.89. The predicted molar refractivity (Wildman–Crippen MR) is 58.8 cm³/mol. The topological polar surface area (TPSA) is 12.4 Å². The van der Waals surface area contributed by atoms with E-state index in [2.05, 4.69) is 38.3 Å². The second kappa shape index (κ2) is 4.73. The van der Waals surface area contributed by atoms with E-state index in [1.807, 2.05) is 12.1 Å². The van der Waals surface area contributed by atoms with Crippen molar-refractivity contribution in [2.45, 2.75) is 5.33 Å². The van der Waals surface area contributed by atoms with Crippen molar-refractivity contribution in [3.8, 4) is 0 Å². The van der Waals surface area contributed by atoms with Crippen LogP contribution < -0.4 is 0 Å². The lowest BCUT2D eigenvalue weighted by atomic mass is 10.2. The van der Waals surface area contributed by atoms with Gasteiger partial charge in [-0.2, -0.15) is 4.99 Å². The second-order valence-corrected chi connectivity index (χ2v) is 3.29. The molecule has 0 saturated heterocycles. The van der Waals surface area contributed by atoms with E-state index < -0.39 is 0 Å². The molecule has 0 aliphatic heterocycles. The van der Waals surface area contributed by atoms with Gasteiger partial charge in [-0.05, 0) is 29.9 Å². The van der Waals surface area contributed by atoms with Gasteiger partial charge in [0.2, 0.25) is 0 Å². The molecule has 0 unspecified atom stereocenters. The summed E-state index contributed by atoms with van der Waals surface area (Å²) in [7, 11) is 0. The van der Waals surface area contributed by atoms with Crippen molar-refractivity contribution >= 4 is 50.6 Å². The molecule has 0 aliphatic carbocycles. The summed E-state index contributed by atoms with van der Waals surface area (Å²) in [5.41, 5.74) is 1.83. The first kappa shape index (κ1) is 9.87. The molecule has 1 aromatic carbocycles. The van der Waals surface area contributed by atoms with Gasteiger partial charge in [0.1, 0.15) is 0 Å². The van der Waals surface area contributed by atoms with Crippen LogP contribution >= 0.6 is 39.7 Å². The molecule has 1 rings (SSSR count). The first-order chi connectivity index (χ1) is 5.77. The normalized spacial score (nSPS) is 9.17. The third-order valence-electron chi connectivity index (χ3n) is 1.36. The molecular weight excluding hydrogens is 258 g/mol. The van der Waals surface area contributed by atoms with Gasteiger partial charge < -0.3 is 0 Å². The fourth-order valence-corrected chi connectivity index (χ4v) is 1.54. The monoisotopic (exact) mass is 261 g/mol. The van der Waals surface area contributed by atoms with Gasteiger partial charge in [0.25, 0.3) is 0 Å². The third-order valence-corrected chi connectivity index (χ3v) is 2.29. The van der Waals surface area contributed by atoms with Gasteiger partial charge in [-0.3, -0.25) is 0 Å². The van der Waals surface area contributed by atoms with Gasteiger partial charge in [0, 0.05) is 10.4 Å². The van der Waals surface area contributed by atoms with E-state index in [1.165, 1.54) is 0 Å². The van der Waals surface area contributed by atoms with E-state index in [4.69, 9.17) is 11.6 Å². The summed E-state index contributed by atoms with van der Waals surface area (Å²) in [5.74, 6) is 0. The van der Waals surface area contributed by atoms with E-state index in [-0.39, 0.29) is 0 Å². The van der Waals surface area contributed by atoms with Gasteiger partial charge in [-0.25, -0.2) is 0 Å². The quantitative estimate of drug-likeness (QED) is 0.446. The Balaban J connectivity index is 3.20. The first-order valence-corrected chi connectivity index (χ1v) is 5.11. The molecule has 0 aliphatic rings. The smallest absolute Gasteiger partial charge is 0.0794 e.